The first-order valence-electron chi connectivity index (χ1n) is 10.7. The van der Waals surface area contributed by atoms with Gasteiger partial charge in [0.2, 0.25) is 5.91 Å². The molecule has 0 N–H and O–H groups in total. The first kappa shape index (κ1) is 20.0. The number of aryl methyl sites for hydroxylation is 2. The van der Waals surface area contributed by atoms with Gasteiger partial charge in [-0.05, 0) is 63.9 Å². The molecule has 0 spiro atoms. The largest absolute Gasteiger partial charge is 0.381 e. The predicted octanol–water partition coefficient (Wildman–Crippen LogP) is 3.35. The summed E-state index contributed by atoms with van der Waals surface area (Å²) in [6.45, 7) is 7.15. The van der Waals surface area contributed by atoms with Crippen LogP contribution in [0.5, 0.6) is 0 Å². The molecule has 2 aliphatic heterocycles. The fourth-order valence-corrected chi connectivity index (χ4v) is 4.50. The van der Waals surface area contributed by atoms with Gasteiger partial charge < -0.3 is 14.2 Å². The summed E-state index contributed by atoms with van der Waals surface area (Å²) < 4.78 is 10.7. The Kier molecular flexibility index (Phi) is 6.23. The molecular formula is C22H30N4O3. The average Bonchev–Trinajstić information content (AvgIpc) is 3.07. The van der Waals surface area contributed by atoms with Crippen molar-refractivity contribution in [3.8, 4) is 11.3 Å². The number of hydrogen-bond donors (Lipinski definition) is 0. The molecule has 156 valence electrons. The predicted molar refractivity (Wildman–Crippen MR) is 108 cm³/mol. The molecule has 2 aromatic heterocycles. The third-order valence-electron chi connectivity index (χ3n) is 6.28. The minimum Gasteiger partial charge on any atom is -0.381 e. The van der Waals surface area contributed by atoms with E-state index in [4.69, 9.17) is 9.26 Å². The van der Waals surface area contributed by atoms with Crippen LogP contribution >= 0.6 is 0 Å². The zero-order valence-electron chi connectivity index (χ0n) is 17.4. The molecule has 0 bridgehead atoms. The SMILES string of the molecule is Cc1noc(C)c1-c1cc(CC2CCN(C(=O)CC3CCOCC3)CC2)ncn1. The Balaban J connectivity index is 1.31. The van der Waals surface area contributed by atoms with Crippen LogP contribution in [0, 0.1) is 25.7 Å². The normalized spacial score (nSPS) is 18.9. The van der Waals surface area contributed by atoms with Crippen molar-refractivity contribution >= 4 is 5.91 Å². The fourth-order valence-electron chi connectivity index (χ4n) is 4.50. The highest BCUT2D eigenvalue weighted by atomic mass is 16.5. The van der Waals surface area contributed by atoms with E-state index in [2.05, 4.69) is 26.1 Å². The molecule has 2 aliphatic rings. The quantitative estimate of drug-likeness (QED) is 0.768. The second kappa shape index (κ2) is 9.03. The average molecular weight is 399 g/mol. The van der Waals surface area contributed by atoms with Gasteiger partial charge in [0, 0.05) is 38.4 Å². The molecule has 29 heavy (non-hydrogen) atoms. The zero-order chi connectivity index (χ0) is 20.2. The summed E-state index contributed by atoms with van der Waals surface area (Å²) in [6, 6.07) is 2.05. The van der Waals surface area contributed by atoms with Crippen molar-refractivity contribution in [2.24, 2.45) is 11.8 Å². The lowest BCUT2D eigenvalue weighted by Gasteiger charge is -2.33. The molecular weight excluding hydrogens is 368 g/mol. The Morgan fingerprint density at radius 1 is 1.10 bits per heavy atom. The van der Waals surface area contributed by atoms with Gasteiger partial charge >= 0.3 is 0 Å². The maximum atomic E-state index is 12.6. The van der Waals surface area contributed by atoms with E-state index >= 15 is 0 Å². The number of carbonyl (C=O) groups excluding carboxylic acids is 1. The van der Waals surface area contributed by atoms with Crippen molar-refractivity contribution in [1.82, 2.24) is 20.0 Å². The molecule has 2 fully saturated rings. The first-order chi connectivity index (χ1) is 14.1. The highest BCUT2D eigenvalue weighted by Gasteiger charge is 2.26. The van der Waals surface area contributed by atoms with E-state index in [-0.39, 0.29) is 0 Å². The third kappa shape index (κ3) is 4.83. The molecule has 1 amide bonds. The van der Waals surface area contributed by atoms with Crippen molar-refractivity contribution < 1.29 is 14.1 Å². The second-order valence-corrected chi connectivity index (χ2v) is 8.38. The van der Waals surface area contributed by atoms with Gasteiger partial charge in [0.1, 0.15) is 12.1 Å². The number of ether oxygens (including phenoxy) is 1. The van der Waals surface area contributed by atoms with E-state index in [1.807, 2.05) is 13.8 Å². The van der Waals surface area contributed by atoms with Gasteiger partial charge in [-0.1, -0.05) is 5.16 Å². The number of carbonyl (C=O) groups is 1. The molecule has 0 saturated carbocycles. The lowest BCUT2D eigenvalue weighted by molar-refractivity contribution is -0.134. The standard InChI is InChI=1S/C22H30N4O3/c1-15-22(16(2)29-25-15)20-13-19(23-14-24-20)11-17-3-7-26(8-4-17)21(27)12-18-5-9-28-10-6-18/h13-14,17-18H,3-12H2,1-2H3. The lowest BCUT2D eigenvalue weighted by atomic mass is 9.90. The molecule has 2 aromatic rings. The smallest absolute Gasteiger partial charge is 0.222 e. The molecule has 0 aliphatic carbocycles. The van der Waals surface area contributed by atoms with Crippen LogP contribution in [-0.4, -0.2) is 52.2 Å². The molecule has 0 unspecified atom stereocenters. The molecule has 2 saturated heterocycles. The second-order valence-electron chi connectivity index (χ2n) is 8.38. The summed E-state index contributed by atoms with van der Waals surface area (Å²) in [6.07, 6.45) is 7.33. The van der Waals surface area contributed by atoms with Crippen molar-refractivity contribution in [3.63, 3.8) is 0 Å². The van der Waals surface area contributed by atoms with Crippen molar-refractivity contribution in [2.45, 2.75) is 52.4 Å². The molecule has 0 radical (unpaired) electrons. The van der Waals surface area contributed by atoms with Crippen molar-refractivity contribution in [2.75, 3.05) is 26.3 Å². The van der Waals surface area contributed by atoms with Crippen molar-refractivity contribution in [1.29, 1.82) is 0 Å². The van der Waals surface area contributed by atoms with E-state index in [9.17, 15) is 4.79 Å². The topological polar surface area (TPSA) is 81.4 Å². The van der Waals surface area contributed by atoms with Crippen LogP contribution in [0.2, 0.25) is 0 Å². The Bertz CT molecular complexity index is 817. The summed E-state index contributed by atoms with van der Waals surface area (Å²) in [5.74, 6) is 2.15. The Morgan fingerprint density at radius 3 is 2.55 bits per heavy atom. The van der Waals surface area contributed by atoms with Crippen LogP contribution < -0.4 is 0 Å². The van der Waals surface area contributed by atoms with E-state index in [1.165, 1.54) is 0 Å². The van der Waals surface area contributed by atoms with E-state index < -0.39 is 0 Å². The van der Waals surface area contributed by atoms with E-state index in [0.717, 1.165) is 86.8 Å². The molecule has 7 nitrogen and oxygen atoms in total. The highest BCUT2D eigenvalue weighted by Crippen LogP contribution is 2.27. The Morgan fingerprint density at radius 2 is 1.86 bits per heavy atom. The van der Waals surface area contributed by atoms with Gasteiger partial charge in [0.05, 0.1) is 17.0 Å². The first-order valence-corrected chi connectivity index (χ1v) is 10.7. The summed E-state index contributed by atoms with van der Waals surface area (Å²) in [5, 5.41) is 4.02. The zero-order valence-corrected chi connectivity index (χ0v) is 17.4. The number of amides is 1. The minimum absolute atomic E-state index is 0.318. The molecule has 4 rings (SSSR count). The summed E-state index contributed by atoms with van der Waals surface area (Å²) in [7, 11) is 0. The van der Waals surface area contributed by atoms with Gasteiger partial charge in [-0.3, -0.25) is 4.79 Å². The lowest BCUT2D eigenvalue weighted by Crippen LogP contribution is -2.40. The molecule has 7 heteroatoms. The number of aromatic nitrogens is 3. The van der Waals surface area contributed by atoms with Gasteiger partial charge in [0.15, 0.2) is 0 Å². The maximum absolute atomic E-state index is 12.6. The van der Waals surface area contributed by atoms with Crippen LogP contribution in [0.25, 0.3) is 11.3 Å². The van der Waals surface area contributed by atoms with E-state index in [1.54, 1.807) is 6.33 Å². The van der Waals surface area contributed by atoms with Crippen LogP contribution in [0.3, 0.4) is 0 Å². The monoisotopic (exact) mass is 398 g/mol. The number of likely N-dealkylation sites (tertiary alicyclic amines) is 1. The van der Waals surface area contributed by atoms with Crippen LogP contribution in [0.4, 0.5) is 0 Å². The van der Waals surface area contributed by atoms with Gasteiger partial charge in [0.25, 0.3) is 0 Å². The minimum atomic E-state index is 0.318. The Labute approximate surface area is 171 Å². The van der Waals surface area contributed by atoms with Crippen LogP contribution in [-0.2, 0) is 16.0 Å². The maximum Gasteiger partial charge on any atom is 0.222 e. The Hall–Kier alpha value is -2.28. The van der Waals surface area contributed by atoms with Crippen LogP contribution in [0.15, 0.2) is 16.9 Å². The van der Waals surface area contributed by atoms with Crippen LogP contribution in [0.1, 0.15) is 49.3 Å². The molecule has 4 heterocycles. The highest BCUT2D eigenvalue weighted by molar-refractivity contribution is 5.76. The fraction of sp³-hybridized carbons (Fsp3) is 0.636. The van der Waals surface area contributed by atoms with Gasteiger partial charge in [-0.2, -0.15) is 0 Å². The molecule has 0 aromatic carbocycles. The summed E-state index contributed by atoms with van der Waals surface area (Å²) in [5.41, 5.74) is 3.72. The number of nitrogens with zero attached hydrogens (tertiary/aromatic N) is 4. The van der Waals surface area contributed by atoms with Crippen molar-refractivity contribution in [3.05, 3.63) is 29.5 Å². The number of rotatable bonds is 5. The number of hydrogen-bond acceptors (Lipinski definition) is 6. The van der Waals surface area contributed by atoms with E-state index in [0.29, 0.717) is 24.2 Å². The summed E-state index contributed by atoms with van der Waals surface area (Å²) in [4.78, 5) is 23.6. The third-order valence-corrected chi connectivity index (χ3v) is 6.28. The summed E-state index contributed by atoms with van der Waals surface area (Å²) >= 11 is 0. The molecule has 0 atom stereocenters. The number of piperidine rings is 1. The van der Waals surface area contributed by atoms with Gasteiger partial charge in [-0.15, -0.1) is 0 Å². The van der Waals surface area contributed by atoms with Gasteiger partial charge in [-0.25, -0.2) is 9.97 Å².